The van der Waals surface area contributed by atoms with Gasteiger partial charge in [0.05, 0.1) is 6.54 Å². The highest BCUT2D eigenvalue weighted by molar-refractivity contribution is 5.15. The fourth-order valence-corrected chi connectivity index (χ4v) is 2.91. The van der Waals surface area contributed by atoms with Crippen LogP contribution in [0.15, 0.2) is 48.8 Å². The molecule has 3 rings (SSSR count). The van der Waals surface area contributed by atoms with Crippen molar-refractivity contribution in [1.29, 1.82) is 0 Å². The number of benzene rings is 1. The van der Waals surface area contributed by atoms with Gasteiger partial charge in [-0.1, -0.05) is 30.3 Å². The Labute approximate surface area is 114 Å². The maximum absolute atomic E-state index is 4.25. The maximum atomic E-state index is 4.25. The van der Waals surface area contributed by atoms with Gasteiger partial charge < -0.3 is 4.90 Å². The molecule has 0 saturated carbocycles. The molecule has 100 valence electrons. The molecule has 1 saturated heterocycles. The van der Waals surface area contributed by atoms with E-state index in [1.807, 2.05) is 23.1 Å². The molecule has 1 atom stereocenters. The highest BCUT2D eigenvalue weighted by Crippen LogP contribution is 2.20. The average Bonchev–Trinajstić information content (AvgIpc) is 3.09. The summed E-state index contributed by atoms with van der Waals surface area (Å²) in [5.41, 5.74) is 1.47. The summed E-state index contributed by atoms with van der Waals surface area (Å²) in [6, 6.07) is 12.8. The lowest BCUT2D eigenvalue weighted by Gasteiger charge is -2.16. The van der Waals surface area contributed by atoms with E-state index in [0.29, 0.717) is 0 Å². The topological polar surface area (TPSA) is 21.1 Å². The number of hydrogen-bond acceptors (Lipinski definition) is 2. The van der Waals surface area contributed by atoms with Crippen LogP contribution in [0.2, 0.25) is 0 Å². The van der Waals surface area contributed by atoms with Gasteiger partial charge in [-0.2, -0.15) is 5.10 Å². The number of likely N-dealkylation sites (tertiary alicyclic amines) is 1. The Morgan fingerprint density at radius 3 is 2.79 bits per heavy atom. The lowest BCUT2D eigenvalue weighted by Crippen LogP contribution is -2.25. The molecule has 3 heteroatoms. The Morgan fingerprint density at radius 2 is 2.00 bits per heavy atom. The number of nitrogens with zero attached hydrogens (tertiary/aromatic N) is 3. The molecule has 0 aliphatic carbocycles. The van der Waals surface area contributed by atoms with Crippen LogP contribution in [0.3, 0.4) is 0 Å². The molecule has 3 nitrogen and oxygen atoms in total. The molecule has 0 radical (unpaired) electrons. The van der Waals surface area contributed by atoms with Crippen molar-refractivity contribution in [3.63, 3.8) is 0 Å². The predicted molar refractivity (Wildman–Crippen MR) is 76.9 cm³/mol. The summed E-state index contributed by atoms with van der Waals surface area (Å²) in [5.74, 6) is 0.819. The van der Waals surface area contributed by atoms with Gasteiger partial charge in [0.15, 0.2) is 0 Å². The molecule has 0 N–H and O–H groups in total. The van der Waals surface area contributed by atoms with Crippen LogP contribution >= 0.6 is 0 Å². The normalized spacial score (nSPS) is 19.9. The summed E-state index contributed by atoms with van der Waals surface area (Å²) >= 11 is 0. The Balaban J connectivity index is 1.45. The molecule has 0 bridgehead atoms. The fourth-order valence-electron chi connectivity index (χ4n) is 2.91. The monoisotopic (exact) mass is 255 g/mol. The summed E-state index contributed by atoms with van der Waals surface area (Å²) in [4.78, 5) is 2.56. The second-order valence-corrected chi connectivity index (χ2v) is 5.41. The minimum absolute atomic E-state index is 0.819. The molecule has 1 aromatic heterocycles. The number of hydrogen-bond donors (Lipinski definition) is 0. The molecule has 0 amide bonds. The molecule has 0 spiro atoms. The first-order valence-corrected chi connectivity index (χ1v) is 7.14. The van der Waals surface area contributed by atoms with Crippen molar-refractivity contribution in [3.05, 3.63) is 54.4 Å². The van der Waals surface area contributed by atoms with Crippen LogP contribution in [0, 0.1) is 5.92 Å². The summed E-state index contributed by atoms with van der Waals surface area (Å²) in [5, 5.41) is 4.25. The average molecular weight is 255 g/mol. The van der Waals surface area contributed by atoms with Gasteiger partial charge in [0.2, 0.25) is 0 Å². The molecular formula is C16H21N3. The summed E-state index contributed by atoms with van der Waals surface area (Å²) in [6.07, 6.45) is 6.44. The van der Waals surface area contributed by atoms with Crippen LogP contribution < -0.4 is 0 Å². The third kappa shape index (κ3) is 3.44. The van der Waals surface area contributed by atoms with E-state index in [1.165, 1.54) is 31.5 Å². The maximum Gasteiger partial charge on any atom is 0.0536 e. The molecule has 1 aliphatic rings. The summed E-state index contributed by atoms with van der Waals surface area (Å²) < 4.78 is 2.02. The third-order valence-electron chi connectivity index (χ3n) is 3.94. The van der Waals surface area contributed by atoms with E-state index in [2.05, 4.69) is 40.3 Å². The van der Waals surface area contributed by atoms with E-state index < -0.39 is 0 Å². The zero-order valence-electron chi connectivity index (χ0n) is 11.3. The van der Waals surface area contributed by atoms with Crippen LogP contribution in [0.5, 0.6) is 0 Å². The van der Waals surface area contributed by atoms with Gasteiger partial charge in [0.25, 0.3) is 0 Å². The third-order valence-corrected chi connectivity index (χ3v) is 3.94. The Hall–Kier alpha value is -1.61. The molecule has 2 heterocycles. The van der Waals surface area contributed by atoms with Crippen LogP contribution in [-0.4, -0.2) is 34.3 Å². The van der Waals surface area contributed by atoms with Crippen molar-refractivity contribution in [2.45, 2.75) is 19.4 Å². The van der Waals surface area contributed by atoms with Gasteiger partial charge in [-0.25, -0.2) is 0 Å². The van der Waals surface area contributed by atoms with Crippen molar-refractivity contribution in [2.24, 2.45) is 5.92 Å². The quantitative estimate of drug-likeness (QED) is 0.818. The Kier molecular flexibility index (Phi) is 3.94. The van der Waals surface area contributed by atoms with Crippen molar-refractivity contribution in [2.75, 3.05) is 19.6 Å². The fraction of sp³-hybridized carbons (Fsp3) is 0.438. The lowest BCUT2D eigenvalue weighted by molar-refractivity contribution is 0.303. The molecule has 0 unspecified atom stereocenters. The standard InChI is InChI=1S/C16H21N3/c1-2-5-15(6-3-1)13-16-7-10-18(14-16)11-12-19-9-4-8-17-19/h1-6,8-9,16H,7,10-14H2/t16-/m1/s1. The molecular weight excluding hydrogens is 234 g/mol. The van der Waals surface area contributed by atoms with Crippen molar-refractivity contribution >= 4 is 0 Å². The first-order chi connectivity index (χ1) is 9.40. The predicted octanol–water partition coefficient (Wildman–Crippen LogP) is 2.45. The van der Waals surface area contributed by atoms with Crippen molar-refractivity contribution in [3.8, 4) is 0 Å². The van der Waals surface area contributed by atoms with Crippen LogP contribution in [0.4, 0.5) is 0 Å². The van der Waals surface area contributed by atoms with E-state index in [4.69, 9.17) is 0 Å². The van der Waals surface area contributed by atoms with Gasteiger partial charge in [0, 0.05) is 25.5 Å². The molecule has 1 fully saturated rings. The first kappa shape index (κ1) is 12.4. The Bertz CT molecular complexity index is 478. The van der Waals surface area contributed by atoms with Crippen molar-refractivity contribution < 1.29 is 0 Å². The van der Waals surface area contributed by atoms with Gasteiger partial charge in [-0.3, -0.25) is 4.68 Å². The minimum atomic E-state index is 0.819. The minimum Gasteiger partial charge on any atom is -0.301 e. The highest BCUT2D eigenvalue weighted by atomic mass is 15.3. The molecule has 19 heavy (non-hydrogen) atoms. The van der Waals surface area contributed by atoms with Crippen LogP contribution in [-0.2, 0) is 13.0 Å². The first-order valence-electron chi connectivity index (χ1n) is 7.14. The number of aromatic nitrogens is 2. The van der Waals surface area contributed by atoms with E-state index in [0.717, 1.165) is 19.0 Å². The molecule has 1 aliphatic heterocycles. The summed E-state index contributed by atoms with van der Waals surface area (Å²) in [7, 11) is 0. The second kappa shape index (κ2) is 6.02. The number of rotatable bonds is 5. The van der Waals surface area contributed by atoms with Crippen LogP contribution in [0.1, 0.15) is 12.0 Å². The highest BCUT2D eigenvalue weighted by Gasteiger charge is 2.22. The van der Waals surface area contributed by atoms with Gasteiger partial charge in [0.1, 0.15) is 0 Å². The molecule has 2 aromatic rings. The molecule has 1 aromatic carbocycles. The second-order valence-electron chi connectivity index (χ2n) is 5.41. The smallest absolute Gasteiger partial charge is 0.0536 e. The van der Waals surface area contributed by atoms with Gasteiger partial charge in [-0.05, 0) is 36.9 Å². The Morgan fingerprint density at radius 1 is 1.11 bits per heavy atom. The van der Waals surface area contributed by atoms with E-state index in [9.17, 15) is 0 Å². The van der Waals surface area contributed by atoms with Gasteiger partial charge >= 0.3 is 0 Å². The van der Waals surface area contributed by atoms with E-state index in [1.54, 1.807) is 0 Å². The van der Waals surface area contributed by atoms with Crippen molar-refractivity contribution in [1.82, 2.24) is 14.7 Å². The largest absolute Gasteiger partial charge is 0.301 e. The van der Waals surface area contributed by atoms with Gasteiger partial charge in [-0.15, -0.1) is 0 Å². The summed E-state index contributed by atoms with van der Waals surface area (Å²) in [6.45, 7) is 4.59. The zero-order chi connectivity index (χ0) is 12.9. The zero-order valence-corrected chi connectivity index (χ0v) is 11.3. The van der Waals surface area contributed by atoms with E-state index in [-0.39, 0.29) is 0 Å². The van der Waals surface area contributed by atoms with E-state index >= 15 is 0 Å². The SMILES string of the molecule is c1ccc(C[C@H]2CCN(CCn3cccn3)C2)cc1. The van der Waals surface area contributed by atoms with Crippen LogP contribution in [0.25, 0.3) is 0 Å². The lowest BCUT2D eigenvalue weighted by atomic mass is 9.99.